The molecule has 0 aliphatic rings. The van der Waals surface area contributed by atoms with Crippen LogP contribution in [0.5, 0.6) is 0 Å². The van der Waals surface area contributed by atoms with Gasteiger partial charge in [-0.2, -0.15) is 0 Å². The van der Waals surface area contributed by atoms with Crippen LogP contribution in [0.4, 0.5) is 0 Å². The van der Waals surface area contributed by atoms with Crippen molar-refractivity contribution in [2.75, 3.05) is 0 Å². The van der Waals surface area contributed by atoms with Crippen molar-refractivity contribution in [3.05, 3.63) is 0 Å². The number of hydrogen-bond donors (Lipinski definition) is 3. The Labute approximate surface area is 87.3 Å². The molecular weight excluding hydrogens is 178 g/mol. The van der Waals surface area contributed by atoms with Crippen LogP contribution >= 0.6 is 0 Å². The zero-order valence-corrected chi connectivity index (χ0v) is 10.0. The summed E-state index contributed by atoms with van der Waals surface area (Å²) in [6.45, 7) is 9.04. The van der Waals surface area contributed by atoms with Crippen molar-refractivity contribution in [2.24, 2.45) is 11.7 Å². The van der Waals surface area contributed by atoms with Crippen molar-refractivity contribution in [1.82, 2.24) is 0 Å². The molecule has 0 aromatic rings. The summed E-state index contributed by atoms with van der Waals surface area (Å²) in [6.07, 6.45) is 1.29. The summed E-state index contributed by atoms with van der Waals surface area (Å²) in [5, 5.41) is 19.7. The average molecular weight is 203 g/mol. The highest BCUT2D eigenvalue weighted by molar-refractivity contribution is 4.92. The number of rotatable bonds is 5. The fourth-order valence-corrected chi connectivity index (χ4v) is 1.45. The van der Waals surface area contributed by atoms with Gasteiger partial charge in [0.2, 0.25) is 0 Å². The van der Waals surface area contributed by atoms with Crippen molar-refractivity contribution < 1.29 is 10.2 Å². The Hall–Kier alpha value is -0.120. The van der Waals surface area contributed by atoms with E-state index in [0.29, 0.717) is 12.3 Å². The highest BCUT2D eigenvalue weighted by Gasteiger charge is 2.38. The number of aliphatic hydroxyl groups is 2. The lowest BCUT2D eigenvalue weighted by Crippen LogP contribution is -2.51. The molecule has 0 heterocycles. The lowest BCUT2D eigenvalue weighted by molar-refractivity contribution is -0.126. The molecule has 0 aliphatic heterocycles. The summed E-state index contributed by atoms with van der Waals surface area (Å²) in [6, 6.07) is -0.0589. The van der Waals surface area contributed by atoms with Gasteiger partial charge in [0.1, 0.15) is 0 Å². The van der Waals surface area contributed by atoms with E-state index in [1.54, 1.807) is 20.8 Å². The molecule has 0 aromatic heterocycles. The van der Waals surface area contributed by atoms with Gasteiger partial charge in [-0.05, 0) is 39.5 Å². The zero-order valence-electron chi connectivity index (χ0n) is 10.0. The van der Waals surface area contributed by atoms with E-state index in [2.05, 4.69) is 13.8 Å². The third kappa shape index (κ3) is 4.40. The normalized spacial score (nSPS) is 19.5. The van der Waals surface area contributed by atoms with Crippen LogP contribution in [0, 0.1) is 5.92 Å². The van der Waals surface area contributed by atoms with E-state index in [-0.39, 0.29) is 6.04 Å². The van der Waals surface area contributed by atoms with Crippen LogP contribution in [-0.2, 0) is 0 Å². The molecule has 2 atom stereocenters. The molecule has 3 heteroatoms. The highest BCUT2D eigenvalue weighted by Crippen LogP contribution is 2.27. The van der Waals surface area contributed by atoms with Gasteiger partial charge in [0.05, 0.1) is 11.2 Å². The Kier molecular flexibility index (Phi) is 4.56. The highest BCUT2D eigenvalue weighted by atomic mass is 16.4. The van der Waals surface area contributed by atoms with Gasteiger partial charge in [-0.3, -0.25) is 0 Å². The van der Waals surface area contributed by atoms with Gasteiger partial charge in [0.25, 0.3) is 0 Å². The second-order valence-electron chi connectivity index (χ2n) is 5.43. The predicted octanol–water partition coefficient (Wildman–Crippen LogP) is 1.27. The molecule has 1 unspecified atom stereocenters. The molecule has 0 amide bonds. The minimum Gasteiger partial charge on any atom is -0.387 e. The molecule has 4 N–H and O–H groups in total. The van der Waals surface area contributed by atoms with E-state index < -0.39 is 11.2 Å². The lowest BCUT2D eigenvalue weighted by atomic mass is 9.81. The maximum atomic E-state index is 10.0. The molecule has 0 rings (SSSR count). The lowest BCUT2D eigenvalue weighted by Gasteiger charge is -2.37. The summed E-state index contributed by atoms with van der Waals surface area (Å²) >= 11 is 0. The summed E-state index contributed by atoms with van der Waals surface area (Å²) in [5.74, 6) is 0.516. The third-order valence-corrected chi connectivity index (χ3v) is 2.75. The quantitative estimate of drug-likeness (QED) is 0.630. The first-order chi connectivity index (χ1) is 6.06. The molecule has 14 heavy (non-hydrogen) atoms. The SMILES string of the molecule is CC(C)CC(N)C[C@@](C)(O)C(C)(C)O. The summed E-state index contributed by atoms with van der Waals surface area (Å²) < 4.78 is 0. The van der Waals surface area contributed by atoms with Crippen molar-refractivity contribution in [3.8, 4) is 0 Å². The standard InChI is InChI=1S/C11H25NO2/c1-8(2)6-9(12)7-11(5,14)10(3,4)13/h8-9,13-14H,6-7,12H2,1-5H3/t9?,11-/m1/s1. The fourth-order valence-electron chi connectivity index (χ4n) is 1.45. The minimum atomic E-state index is -1.12. The second kappa shape index (κ2) is 4.60. The Bertz CT molecular complexity index is 171. The maximum Gasteiger partial charge on any atom is 0.0914 e. The smallest absolute Gasteiger partial charge is 0.0914 e. The zero-order chi connectivity index (χ0) is 11.6. The molecule has 0 aliphatic carbocycles. The summed E-state index contributed by atoms with van der Waals surface area (Å²) in [7, 11) is 0. The Morgan fingerprint density at radius 3 is 1.86 bits per heavy atom. The van der Waals surface area contributed by atoms with Crippen molar-refractivity contribution in [1.29, 1.82) is 0 Å². The van der Waals surface area contributed by atoms with Gasteiger partial charge in [-0.1, -0.05) is 13.8 Å². The van der Waals surface area contributed by atoms with Crippen LogP contribution < -0.4 is 5.73 Å². The summed E-state index contributed by atoms with van der Waals surface area (Å²) in [5.41, 5.74) is 3.65. The average Bonchev–Trinajstić information content (AvgIpc) is 1.79. The largest absolute Gasteiger partial charge is 0.387 e. The van der Waals surface area contributed by atoms with Crippen molar-refractivity contribution >= 4 is 0 Å². The Morgan fingerprint density at radius 2 is 1.57 bits per heavy atom. The van der Waals surface area contributed by atoms with Crippen LogP contribution in [0.2, 0.25) is 0 Å². The van der Waals surface area contributed by atoms with Crippen molar-refractivity contribution in [2.45, 2.75) is 64.7 Å². The molecule has 3 nitrogen and oxygen atoms in total. The van der Waals surface area contributed by atoms with E-state index >= 15 is 0 Å². The van der Waals surface area contributed by atoms with E-state index in [0.717, 1.165) is 6.42 Å². The topological polar surface area (TPSA) is 66.5 Å². The van der Waals surface area contributed by atoms with Gasteiger partial charge < -0.3 is 15.9 Å². The maximum absolute atomic E-state index is 10.0. The van der Waals surface area contributed by atoms with Gasteiger partial charge in [0, 0.05) is 6.04 Å². The number of hydrogen-bond acceptors (Lipinski definition) is 3. The van der Waals surface area contributed by atoms with Crippen LogP contribution in [0.15, 0.2) is 0 Å². The van der Waals surface area contributed by atoms with Crippen LogP contribution in [0.1, 0.15) is 47.5 Å². The first-order valence-electron chi connectivity index (χ1n) is 5.26. The van der Waals surface area contributed by atoms with E-state index in [4.69, 9.17) is 5.73 Å². The molecule has 0 radical (unpaired) electrons. The van der Waals surface area contributed by atoms with E-state index in [9.17, 15) is 10.2 Å². The van der Waals surface area contributed by atoms with Crippen LogP contribution in [-0.4, -0.2) is 27.5 Å². The molecule has 0 saturated carbocycles. The molecule has 0 bridgehead atoms. The molecule has 0 saturated heterocycles. The van der Waals surface area contributed by atoms with Gasteiger partial charge >= 0.3 is 0 Å². The van der Waals surface area contributed by atoms with Crippen molar-refractivity contribution in [3.63, 3.8) is 0 Å². The molecule has 86 valence electrons. The molecule has 0 fully saturated rings. The van der Waals surface area contributed by atoms with E-state index in [1.165, 1.54) is 0 Å². The number of nitrogens with two attached hydrogens (primary N) is 1. The van der Waals surface area contributed by atoms with E-state index in [1.807, 2.05) is 0 Å². The van der Waals surface area contributed by atoms with Gasteiger partial charge in [0.15, 0.2) is 0 Å². The third-order valence-electron chi connectivity index (χ3n) is 2.75. The monoisotopic (exact) mass is 203 g/mol. The Balaban J connectivity index is 4.22. The Morgan fingerprint density at radius 1 is 1.14 bits per heavy atom. The second-order valence-corrected chi connectivity index (χ2v) is 5.43. The van der Waals surface area contributed by atoms with Gasteiger partial charge in [-0.15, -0.1) is 0 Å². The molecular formula is C11H25NO2. The first kappa shape index (κ1) is 13.9. The van der Waals surface area contributed by atoms with Crippen LogP contribution in [0.3, 0.4) is 0 Å². The molecule has 0 spiro atoms. The molecule has 0 aromatic carbocycles. The van der Waals surface area contributed by atoms with Crippen LogP contribution in [0.25, 0.3) is 0 Å². The van der Waals surface area contributed by atoms with Gasteiger partial charge in [-0.25, -0.2) is 0 Å². The predicted molar refractivity (Wildman–Crippen MR) is 59.0 cm³/mol. The minimum absolute atomic E-state index is 0.0589. The first-order valence-corrected chi connectivity index (χ1v) is 5.26. The summed E-state index contributed by atoms with van der Waals surface area (Å²) in [4.78, 5) is 0. The fraction of sp³-hybridized carbons (Fsp3) is 1.00.